The second-order valence-electron chi connectivity index (χ2n) is 15.1. The Hall–Kier alpha value is -7.14. The summed E-state index contributed by atoms with van der Waals surface area (Å²) in [4.78, 5) is 18.2. The zero-order valence-corrected chi connectivity index (χ0v) is 32.1. The number of rotatable bonds is 4. The average Bonchev–Trinajstić information content (AvgIpc) is 3.59. The Kier molecular flexibility index (Phi) is 7.38. The Bertz CT molecular complexity index is 3120. The van der Waals surface area contributed by atoms with Crippen LogP contribution in [0.4, 0.5) is 0 Å². The van der Waals surface area contributed by atoms with Gasteiger partial charge >= 0.3 is 0 Å². The molecular formula is C54H33N3S. The highest BCUT2D eigenvalue weighted by atomic mass is 32.2. The van der Waals surface area contributed by atoms with Gasteiger partial charge in [-0.05, 0) is 78.2 Å². The maximum Gasteiger partial charge on any atom is 0.164 e. The Morgan fingerprint density at radius 1 is 0.310 bits per heavy atom. The molecule has 0 atom stereocenters. The fourth-order valence-corrected chi connectivity index (χ4v) is 10.7. The summed E-state index contributed by atoms with van der Waals surface area (Å²) in [6.45, 7) is 0. The van der Waals surface area contributed by atoms with Crippen molar-refractivity contribution in [3.05, 3.63) is 222 Å². The van der Waals surface area contributed by atoms with Crippen LogP contribution in [0.1, 0.15) is 22.3 Å². The van der Waals surface area contributed by atoms with E-state index in [0.29, 0.717) is 17.5 Å². The Balaban J connectivity index is 1.03. The first-order valence-electron chi connectivity index (χ1n) is 19.7. The van der Waals surface area contributed by atoms with Crippen molar-refractivity contribution in [2.24, 2.45) is 0 Å². The molecule has 1 spiro atoms. The van der Waals surface area contributed by atoms with Gasteiger partial charge in [0.05, 0.1) is 5.41 Å². The first-order chi connectivity index (χ1) is 28.8. The third-order valence-corrected chi connectivity index (χ3v) is 13.2. The minimum absolute atomic E-state index is 0.415. The second kappa shape index (κ2) is 13.0. The van der Waals surface area contributed by atoms with Crippen molar-refractivity contribution in [1.29, 1.82) is 0 Å². The standard InChI is InChI=1S/C54H33N3S/c1-3-18-38-34(14-1)16-11-22-41(38)52-55-51(56-53(57-52)42-23-12-17-35-15-2-4-19-39(35)42)37-32-30-36(31-33-37)40-21-13-27-47-50(40)43-20-5-6-24-44(43)54(47)45-25-7-9-28-48(45)58-49-29-10-8-26-46(49)54/h1-33H. The van der Waals surface area contributed by atoms with Crippen LogP contribution in [0, 0.1) is 0 Å². The summed E-state index contributed by atoms with van der Waals surface area (Å²) in [5.74, 6) is 1.95. The Morgan fingerprint density at radius 3 is 1.38 bits per heavy atom. The average molecular weight is 756 g/mol. The molecule has 0 fully saturated rings. The van der Waals surface area contributed by atoms with Gasteiger partial charge in [0.1, 0.15) is 0 Å². The van der Waals surface area contributed by atoms with Gasteiger partial charge in [-0.15, -0.1) is 0 Å². The fourth-order valence-electron chi connectivity index (χ4n) is 9.53. The summed E-state index contributed by atoms with van der Waals surface area (Å²) in [5.41, 5.74) is 12.8. The first-order valence-corrected chi connectivity index (χ1v) is 20.5. The lowest BCUT2D eigenvalue weighted by atomic mass is 9.67. The zero-order valence-electron chi connectivity index (χ0n) is 31.3. The van der Waals surface area contributed by atoms with Gasteiger partial charge in [0.25, 0.3) is 0 Å². The molecule has 58 heavy (non-hydrogen) atoms. The van der Waals surface area contributed by atoms with Crippen molar-refractivity contribution in [3.8, 4) is 56.4 Å². The fraction of sp³-hybridized carbons (Fsp3) is 0.0185. The van der Waals surface area contributed by atoms with Crippen molar-refractivity contribution in [2.75, 3.05) is 0 Å². The molecule has 10 aromatic rings. The number of nitrogens with zero attached hydrogens (tertiary/aromatic N) is 3. The van der Waals surface area contributed by atoms with E-state index in [1.54, 1.807) is 0 Å². The van der Waals surface area contributed by atoms with Crippen LogP contribution in [0.3, 0.4) is 0 Å². The Labute approximate surface area is 340 Å². The molecule has 1 aliphatic heterocycles. The van der Waals surface area contributed by atoms with Gasteiger partial charge < -0.3 is 0 Å². The van der Waals surface area contributed by atoms with Gasteiger partial charge in [-0.1, -0.05) is 200 Å². The van der Waals surface area contributed by atoms with Gasteiger partial charge in [-0.25, -0.2) is 15.0 Å². The van der Waals surface area contributed by atoms with Gasteiger partial charge in [0.2, 0.25) is 0 Å². The highest BCUT2D eigenvalue weighted by molar-refractivity contribution is 7.99. The van der Waals surface area contributed by atoms with Crippen LogP contribution < -0.4 is 0 Å². The molecule has 2 aliphatic rings. The van der Waals surface area contributed by atoms with Crippen LogP contribution in [-0.4, -0.2) is 15.0 Å². The van der Waals surface area contributed by atoms with E-state index < -0.39 is 5.41 Å². The van der Waals surface area contributed by atoms with Crippen LogP contribution in [0.15, 0.2) is 210 Å². The minimum atomic E-state index is -0.415. The van der Waals surface area contributed by atoms with E-state index in [1.807, 2.05) is 11.8 Å². The smallest absolute Gasteiger partial charge is 0.164 e. The number of hydrogen-bond acceptors (Lipinski definition) is 4. The highest BCUT2D eigenvalue weighted by Gasteiger charge is 2.50. The molecule has 0 radical (unpaired) electrons. The third-order valence-electron chi connectivity index (χ3n) is 12.0. The largest absolute Gasteiger partial charge is 0.208 e. The monoisotopic (exact) mass is 755 g/mol. The molecule has 0 saturated heterocycles. The van der Waals surface area contributed by atoms with E-state index in [1.165, 1.54) is 48.7 Å². The predicted molar refractivity (Wildman–Crippen MR) is 238 cm³/mol. The van der Waals surface area contributed by atoms with Gasteiger partial charge in [0, 0.05) is 26.5 Å². The van der Waals surface area contributed by atoms with E-state index in [-0.39, 0.29) is 0 Å². The van der Waals surface area contributed by atoms with Crippen LogP contribution in [0.2, 0.25) is 0 Å². The van der Waals surface area contributed by atoms with Crippen LogP contribution in [-0.2, 0) is 5.41 Å². The quantitative estimate of drug-likeness (QED) is 0.179. The van der Waals surface area contributed by atoms with Crippen molar-refractivity contribution < 1.29 is 0 Å². The summed E-state index contributed by atoms with van der Waals surface area (Å²) in [6.07, 6.45) is 0. The van der Waals surface area contributed by atoms with E-state index in [2.05, 4.69) is 200 Å². The summed E-state index contributed by atoms with van der Waals surface area (Å²) in [6, 6.07) is 72.1. The first kappa shape index (κ1) is 33.0. The highest BCUT2D eigenvalue weighted by Crippen LogP contribution is 2.63. The molecule has 1 aromatic heterocycles. The zero-order chi connectivity index (χ0) is 38.2. The number of benzene rings is 9. The van der Waals surface area contributed by atoms with Crippen molar-refractivity contribution in [2.45, 2.75) is 15.2 Å². The van der Waals surface area contributed by atoms with Crippen molar-refractivity contribution >= 4 is 33.3 Å². The van der Waals surface area contributed by atoms with E-state index in [4.69, 9.17) is 15.0 Å². The van der Waals surface area contributed by atoms with E-state index in [9.17, 15) is 0 Å². The molecule has 9 aromatic carbocycles. The van der Waals surface area contributed by atoms with Crippen molar-refractivity contribution in [1.82, 2.24) is 15.0 Å². The number of hydrogen-bond donors (Lipinski definition) is 0. The summed E-state index contributed by atoms with van der Waals surface area (Å²) < 4.78 is 0. The molecule has 1 aliphatic carbocycles. The van der Waals surface area contributed by atoms with Crippen LogP contribution in [0.5, 0.6) is 0 Å². The van der Waals surface area contributed by atoms with Crippen LogP contribution >= 0.6 is 11.8 Å². The van der Waals surface area contributed by atoms with Crippen LogP contribution in [0.25, 0.3) is 78.0 Å². The van der Waals surface area contributed by atoms with Crippen molar-refractivity contribution in [3.63, 3.8) is 0 Å². The molecule has 4 heteroatoms. The lowest BCUT2D eigenvalue weighted by Gasteiger charge is -2.39. The summed E-state index contributed by atoms with van der Waals surface area (Å²) in [5, 5.41) is 4.52. The minimum Gasteiger partial charge on any atom is -0.208 e. The summed E-state index contributed by atoms with van der Waals surface area (Å²) in [7, 11) is 0. The maximum atomic E-state index is 5.20. The third kappa shape index (κ3) is 4.85. The van der Waals surface area contributed by atoms with E-state index in [0.717, 1.165) is 43.8 Å². The lowest BCUT2D eigenvalue weighted by molar-refractivity contribution is 0.722. The SMILES string of the molecule is c1ccc2c(c1)Sc1ccccc1C21c2ccccc2-c2c(-c3ccc(-c4nc(-c5cccc6ccccc56)nc(-c5cccc6ccccc56)n4)cc3)cccc21. The Morgan fingerprint density at radius 2 is 0.741 bits per heavy atom. The molecule has 0 amide bonds. The van der Waals surface area contributed by atoms with E-state index >= 15 is 0 Å². The molecule has 3 nitrogen and oxygen atoms in total. The topological polar surface area (TPSA) is 38.7 Å². The molecule has 2 heterocycles. The molecule has 0 bridgehead atoms. The number of fused-ring (bicyclic) bond motifs is 11. The molecule has 0 unspecified atom stereocenters. The molecule has 0 N–H and O–H groups in total. The molecule has 270 valence electrons. The van der Waals surface area contributed by atoms with Gasteiger partial charge in [-0.3, -0.25) is 0 Å². The summed E-state index contributed by atoms with van der Waals surface area (Å²) >= 11 is 1.88. The second-order valence-corrected chi connectivity index (χ2v) is 16.1. The maximum absolute atomic E-state index is 5.20. The van der Waals surface area contributed by atoms with Gasteiger partial charge in [0.15, 0.2) is 17.5 Å². The predicted octanol–water partition coefficient (Wildman–Crippen LogP) is 13.7. The van der Waals surface area contributed by atoms with Gasteiger partial charge in [-0.2, -0.15) is 0 Å². The molecule has 12 rings (SSSR count). The molecular weight excluding hydrogens is 723 g/mol. The normalized spacial score (nSPS) is 13.2. The number of aromatic nitrogens is 3. The molecule has 0 saturated carbocycles. The lowest BCUT2D eigenvalue weighted by Crippen LogP contribution is -2.31.